The van der Waals surface area contributed by atoms with E-state index < -0.39 is 21.4 Å². The molecule has 0 aliphatic heterocycles. The number of ether oxygens (including phenoxy) is 1. The van der Waals surface area contributed by atoms with E-state index in [4.69, 9.17) is 0 Å². The second-order valence-electron chi connectivity index (χ2n) is 6.01. The molecular formula is C21H15F2NO3S. The molecule has 0 heterocycles. The predicted octanol–water partition coefficient (Wildman–Crippen LogP) is 5.09. The summed E-state index contributed by atoms with van der Waals surface area (Å²) in [5.41, 5.74) is 0.966. The molecule has 4 nitrogen and oxygen atoms in total. The van der Waals surface area contributed by atoms with Gasteiger partial charge in [0.05, 0.1) is 4.90 Å². The fourth-order valence-corrected chi connectivity index (χ4v) is 3.91. The van der Waals surface area contributed by atoms with E-state index in [9.17, 15) is 22.5 Å². The summed E-state index contributed by atoms with van der Waals surface area (Å²) in [4.78, 5) is -0.616. The van der Waals surface area contributed by atoms with Crippen molar-refractivity contribution in [3.63, 3.8) is 0 Å². The average Bonchev–Trinajstić information content (AvgIpc) is 2.67. The van der Waals surface area contributed by atoms with Crippen molar-refractivity contribution >= 4 is 26.7 Å². The third kappa shape index (κ3) is 3.87. The number of aryl methyl sites for hydroxylation is 1. The van der Waals surface area contributed by atoms with Gasteiger partial charge in [0, 0.05) is 5.56 Å². The van der Waals surface area contributed by atoms with E-state index in [2.05, 4.69) is 4.74 Å². The maximum atomic E-state index is 12.9. The van der Waals surface area contributed by atoms with Crippen LogP contribution in [0.15, 0.2) is 70.5 Å². The normalized spacial score (nSPS) is 12.2. The van der Waals surface area contributed by atoms with Crippen LogP contribution in [0.5, 0.6) is 5.75 Å². The van der Waals surface area contributed by atoms with Gasteiger partial charge in [-0.05, 0) is 42.0 Å². The quantitative estimate of drug-likeness (QED) is 0.561. The molecule has 0 atom stereocenters. The van der Waals surface area contributed by atoms with E-state index in [1.54, 1.807) is 48.5 Å². The number of nitrogens with zero attached hydrogens (tertiary/aromatic N) is 1. The van der Waals surface area contributed by atoms with Gasteiger partial charge in [-0.15, -0.1) is 0 Å². The Labute approximate surface area is 161 Å². The SMILES string of the molecule is Cc1ccc(S(=O)(=O)/C(C#N)=C/c2c(OC(F)F)ccc3ccccc23)cc1. The summed E-state index contributed by atoms with van der Waals surface area (Å²) < 4.78 is 55.9. The Morgan fingerprint density at radius 3 is 2.39 bits per heavy atom. The van der Waals surface area contributed by atoms with Crippen LogP contribution in [0.4, 0.5) is 8.78 Å². The topological polar surface area (TPSA) is 67.2 Å². The molecule has 0 N–H and O–H groups in total. The van der Waals surface area contributed by atoms with E-state index in [0.29, 0.717) is 10.8 Å². The van der Waals surface area contributed by atoms with Crippen LogP contribution in [0.3, 0.4) is 0 Å². The highest BCUT2D eigenvalue weighted by Gasteiger charge is 2.22. The van der Waals surface area contributed by atoms with E-state index in [1.807, 2.05) is 6.92 Å². The minimum Gasteiger partial charge on any atom is -0.434 e. The molecule has 0 spiro atoms. The molecule has 142 valence electrons. The third-order valence-electron chi connectivity index (χ3n) is 4.15. The Balaban J connectivity index is 2.23. The van der Waals surface area contributed by atoms with Gasteiger partial charge < -0.3 is 4.74 Å². The highest BCUT2D eigenvalue weighted by molar-refractivity contribution is 7.95. The molecule has 0 saturated heterocycles. The van der Waals surface area contributed by atoms with Gasteiger partial charge in [0.2, 0.25) is 9.84 Å². The average molecular weight is 399 g/mol. The number of halogens is 2. The number of sulfone groups is 1. The Kier molecular flexibility index (Phi) is 5.43. The molecule has 0 radical (unpaired) electrons. The Morgan fingerprint density at radius 2 is 1.75 bits per heavy atom. The molecule has 28 heavy (non-hydrogen) atoms. The molecule has 0 amide bonds. The van der Waals surface area contributed by atoms with Crippen LogP contribution in [0.1, 0.15) is 11.1 Å². The molecule has 0 unspecified atom stereocenters. The first kappa shape index (κ1) is 19.5. The first-order valence-electron chi connectivity index (χ1n) is 8.23. The minimum absolute atomic E-state index is 0.0533. The Morgan fingerprint density at radius 1 is 1.07 bits per heavy atom. The standard InChI is InChI=1S/C21H15F2NO3S/c1-14-6-9-16(10-7-14)28(25,26)17(13-24)12-19-18-5-3-2-4-15(18)8-11-20(19)27-21(22)23/h2-12,21H,1H3/b17-12+. The lowest BCUT2D eigenvalue weighted by atomic mass is 10.0. The lowest BCUT2D eigenvalue weighted by Gasteiger charge is -2.12. The third-order valence-corrected chi connectivity index (χ3v) is 5.83. The summed E-state index contributed by atoms with van der Waals surface area (Å²) in [5, 5.41) is 10.7. The summed E-state index contributed by atoms with van der Waals surface area (Å²) in [7, 11) is -4.12. The molecule has 0 saturated carbocycles. The van der Waals surface area contributed by atoms with E-state index in [0.717, 1.165) is 11.6 Å². The van der Waals surface area contributed by atoms with Gasteiger partial charge in [0.15, 0.2) is 0 Å². The number of benzene rings is 3. The largest absolute Gasteiger partial charge is 0.434 e. The first-order valence-corrected chi connectivity index (χ1v) is 9.71. The summed E-state index contributed by atoms with van der Waals surface area (Å²) in [6, 6.07) is 17.5. The Hall–Kier alpha value is -3.24. The number of hydrogen-bond acceptors (Lipinski definition) is 4. The molecular weight excluding hydrogens is 384 g/mol. The Bertz CT molecular complexity index is 1190. The van der Waals surface area contributed by atoms with Crippen molar-refractivity contribution < 1.29 is 21.9 Å². The zero-order valence-electron chi connectivity index (χ0n) is 14.8. The molecule has 0 bridgehead atoms. The van der Waals surface area contributed by atoms with Crippen LogP contribution in [0.2, 0.25) is 0 Å². The molecule has 3 rings (SSSR count). The maximum Gasteiger partial charge on any atom is 0.387 e. The van der Waals surface area contributed by atoms with Gasteiger partial charge in [-0.1, -0.05) is 48.0 Å². The van der Waals surface area contributed by atoms with Gasteiger partial charge in [-0.25, -0.2) is 8.42 Å². The smallest absolute Gasteiger partial charge is 0.387 e. The van der Waals surface area contributed by atoms with Gasteiger partial charge in [0.25, 0.3) is 0 Å². The van der Waals surface area contributed by atoms with Crippen molar-refractivity contribution in [2.24, 2.45) is 0 Å². The second kappa shape index (κ2) is 7.79. The second-order valence-corrected chi connectivity index (χ2v) is 7.93. The van der Waals surface area contributed by atoms with Crippen LogP contribution in [-0.4, -0.2) is 15.0 Å². The predicted molar refractivity (Wildman–Crippen MR) is 103 cm³/mol. The van der Waals surface area contributed by atoms with Crippen molar-refractivity contribution in [3.8, 4) is 11.8 Å². The van der Waals surface area contributed by atoms with E-state index >= 15 is 0 Å². The van der Waals surface area contributed by atoms with Crippen molar-refractivity contribution in [1.29, 1.82) is 5.26 Å². The minimum atomic E-state index is -4.12. The molecule has 7 heteroatoms. The van der Waals surface area contributed by atoms with Crippen LogP contribution in [-0.2, 0) is 9.84 Å². The molecule has 0 aliphatic carbocycles. The van der Waals surface area contributed by atoms with Crippen molar-refractivity contribution in [1.82, 2.24) is 0 Å². The molecule has 0 aromatic heterocycles. The van der Waals surface area contributed by atoms with Crippen molar-refractivity contribution in [2.75, 3.05) is 0 Å². The lowest BCUT2D eigenvalue weighted by molar-refractivity contribution is -0.0498. The van der Waals surface area contributed by atoms with Gasteiger partial charge in [-0.2, -0.15) is 14.0 Å². The summed E-state index contributed by atoms with van der Waals surface area (Å²) >= 11 is 0. The van der Waals surface area contributed by atoms with Crippen molar-refractivity contribution in [2.45, 2.75) is 18.4 Å². The molecule has 0 aliphatic rings. The number of nitriles is 1. The monoisotopic (exact) mass is 399 g/mol. The molecule has 3 aromatic rings. The zero-order chi connectivity index (χ0) is 20.3. The number of rotatable bonds is 5. The zero-order valence-corrected chi connectivity index (χ0v) is 15.6. The summed E-state index contributed by atoms with van der Waals surface area (Å²) in [5.74, 6) is -0.208. The highest BCUT2D eigenvalue weighted by atomic mass is 32.2. The lowest BCUT2D eigenvalue weighted by Crippen LogP contribution is -2.06. The summed E-state index contributed by atoms with van der Waals surface area (Å²) in [6.45, 7) is -1.28. The van der Waals surface area contributed by atoms with Crippen molar-refractivity contribution in [3.05, 3.63) is 76.7 Å². The first-order chi connectivity index (χ1) is 13.3. The van der Waals surface area contributed by atoms with Gasteiger partial charge in [0.1, 0.15) is 16.7 Å². The maximum absolute atomic E-state index is 12.9. The van der Waals surface area contributed by atoms with Crippen LogP contribution in [0, 0.1) is 18.3 Å². The number of hydrogen-bond donors (Lipinski definition) is 0. The van der Waals surface area contributed by atoms with Gasteiger partial charge >= 0.3 is 6.61 Å². The molecule has 3 aromatic carbocycles. The fraction of sp³-hybridized carbons (Fsp3) is 0.0952. The number of fused-ring (bicyclic) bond motifs is 1. The van der Waals surface area contributed by atoms with E-state index in [-0.39, 0.29) is 16.2 Å². The number of alkyl halides is 2. The van der Waals surface area contributed by atoms with Crippen LogP contribution >= 0.6 is 0 Å². The number of allylic oxidation sites excluding steroid dienone is 1. The van der Waals surface area contributed by atoms with Gasteiger partial charge in [-0.3, -0.25) is 0 Å². The fourth-order valence-electron chi connectivity index (χ4n) is 2.77. The molecule has 0 fully saturated rings. The highest BCUT2D eigenvalue weighted by Crippen LogP contribution is 2.33. The van der Waals surface area contributed by atoms with E-state index in [1.165, 1.54) is 18.2 Å². The summed E-state index contributed by atoms with van der Waals surface area (Å²) in [6.07, 6.45) is 1.08. The van der Waals surface area contributed by atoms with Crippen LogP contribution < -0.4 is 4.74 Å². The van der Waals surface area contributed by atoms with Crippen LogP contribution in [0.25, 0.3) is 16.8 Å².